The van der Waals surface area contributed by atoms with Crippen LogP contribution in [0.1, 0.15) is 40.1 Å². The number of para-hydroxylation sites is 2. The molecule has 1 saturated heterocycles. The normalized spacial score (nSPS) is 17.3. The lowest BCUT2D eigenvalue weighted by molar-refractivity contribution is -0.137. The van der Waals surface area contributed by atoms with E-state index in [-0.39, 0.29) is 11.5 Å². The van der Waals surface area contributed by atoms with Gasteiger partial charge in [-0.2, -0.15) is 13.2 Å². The van der Waals surface area contributed by atoms with Gasteiger partial charge in [0, 0.05) is 52.5 Å². The molecule has 2 aliphatic rings. The van der Waals surface area contributed by atoms with Gasteiger partial charge >= 0.3 is 6.18 Å². The smallest absolute Gasteiger partial charge is 0.416 e. The molecule has 5 rings (SSSR count). The van der Waals surface area contributed by atoms with E-state index in [1.54, 1.807) is 19.3 Å². The molecule has 0 aliphatic carbocycles. The second-order valence-electron chi connectivity index (χ2n) is 9.20. The van der Waals surface area contributed by atoms with Crippen molar-refractivity contribution in [3.05, 3.63) is 70.7 Å². The van der Waals surface area contributed by atoms with Crippen LogP contribution in [0, 0.1) is 0 Å². The van der Waals surface area contributed by atoms with E-state index in [4.69, 9.17) is 4.74 Å². The third-order valence-electron chi connectivity index (χ3n) is 6.89. The van der Waals surface area contributed by atoms with Crippen LogP contribution in [-0.2, 0) is 12.7 Å². The van der Waals surface area contributed by atoms with Crippen molar-refractivity contribution in [1.82, 2.24) is 10.3 Å². The van der Waals surface area contributed by atoms with Crippen LogP contribution in [0.5, 0.6) is 5.75 Å². The molecule has 0 bridgehead atoms. The number of nitrogens with zero attached hydrogens (tertiary/aromatic N) is 3. The largest absolute Gasteiger partial charge is 0.485 e. The Hall–Kier alpha value is -3.27. The summed E-state index contributed by atoms with van der Waals surface area (Å²) in [5, 5.41) is 3.45. The molecule has 3 heterocycles. The molecule has 36 heavy (non-hydrogen) atoms. The summed E-state index contributed by atoms with van der Waals surface area (Å²) in [6, 6.07) is 13.3. The second-order valence-corrected chi connectivity index (χ2v) is 10.2. The molecule has 10 heteroatoms. The number of hydrogen-bond acceptors (Lipinski definition) is 6. The zero-order valence-corrected chi connectivity index (χ0v) is 20.7. The first-order chi connectivity index (χ1) is 17.3. The minimum Gasteiger partial charge on any atom is -0.485 e. The zero-order valence-electron chi connectivity index (χ0n) is 19.8. The Kier molecular flexibility index (Phi) is 6.55. The van der Waals surface area contributed by atoms with E-state index in [0.29, 0.717) is 23.5 Å². The number of thiazole rings is 1. The van der Waals surface area contributed by atoms with Crippen molar-refractivity contribution in [2.45, 2.75) is 37.6 Å². The number of benzene rings is 2. The third-order valence-corrected chi connectivity index (χ3v) is 7.94. The highest BCUT2D eigenvalue weighted by atomic mass is 32.1. The van der Waals surface area contributed by atoms with E-state index in [2.05, 4.69) is 20.1 Å². The number of carbonyl (C=O) groups excluding carboxylic acids is 1. The highest BCUT2D eigenvalue weighted by Gasteiger charge is 2.40. The van der Waals surface area contributed by atoms with Gasteiger partial charge in [-0.25, -0.2) is 4.98 Å². The molecule has 1 amide bonds. The van der Waals surface area contributed by atoms with Gasteiger partial charge in [0.2, 0.25) is 0 Å². The third kappa shape index (κ3) is 5.00. The second kappa shape index (κ2) is 9.65. The van der Waals surface area contributed by atoms with Gasteiger partial charge in [-0.1, -0.05) is 35.6 Å². The van der Waals surface area contributed by atoms with Crippen molar-refractivity contribution in [2.75, 3.05) is 36.5 Å². The molecular weight excluding hydrogens is 489 g/mol. The number of carbonyl (C=O) groups is 1. The zero-order chi connectivity index (χ0) is 25.3. The summed E-state index contributed by atoms with van der Waals surface area (Å²) in [7, 11) is 1.60. The van der Waals surface area contributed by atoms with Gasteiger partial charge in [-0.05, 0) is 29.8 Å². The van der Waals surface area contributed by atoms with Gasteiger partial charge in [-0.3, -0.25) is 4.79 Å². The summed E-state index contributed by atoms with van der Waals surface area (Å²) in [4.78, 5) is 21.2. The number of hydrogen-bond donors (Lipinski definition) is 1. The van der Waals surface area contributed by atoms with Crippen LogP contribution in [0.2, 0.25) is 0 Å². The Balaban J connectivity index is 1.32. The Morgan fingerprint density at radius 1 is 1.11 bits per heavy atom. The molecule has 1 aromatic heterocycles. The molecule has 190 valence electrons. The molecule has 2 aromatic carbocycles. The quantitative estimate of drug-likeness (QED) is 0.507. The maximum atomic E-state index is 13.2. The first-order valence-corrected chi connectivity index (χ1v) is 12.7. The first kappa shape index (κ1) is 24.4. The van der Waals surface area contributed by atoms with Gasteiger partial charge < -0.3 is 19.9 Å². The number of aromatic nitrogens is 1. The van der Waals surface area contributed by atoms with Crippen molar-refractivity contribution in [1.29, 1.82) is 0 Å². The van der Waals surface area contributed by atoms with Crippen LogP contribution in [0.3, 0.4) is 0 Å². The van der Waals surface area contributed by atoms with E-state index < -0.39 is 11.7 Å². The van der Waals surface area contributed by atoms with Gasteiger partial charge in [0.1, 0.15) is 16.2 Å². The molecule has 1 spiro atoms. The fraction of sp³-hybridized carbons (Fsp3) is 0.385. The van der Waals surface area contributed by atoms with Crippen molar-refractivity contribution >= 4 is 28.1 Å². The number of ether oxygens (including phenoxy) is 1. The average Bonchev–Trinajstić information content (AvgIpc) is 3.32. The molecule has 0 atom stereocenters. The molecule has 0 radical (unpaired) electrons. The summed E-state index contributed by atoms with van der Waals surface area (Å²) in [6.07, 6.45) is -0.434. The van der Waals surface area contributed by atoms with E-state index in [1.807, 2.05) is 24.3 Å². The number of nitrogens with one attached hydrogen (secondary N) is 1. The minimum atomic E-state index is -4.37. The topological polar surface area (TPSA) is 57.7 Å². The molecule has 6 nitrogen and oxygen atoms in total. The number of halogens is 3. The van der Waals surface area contributed by atoms with Gasteiger partial charge in [-0.15, -0.1) is 0 Å². The van der Waals surface area contributed by atoms with Crippen molar-refractivity contribution in [3.8, 4) is 5.75 Å². The number of anilines is 2. The number of piperidine rings is 1. The fourth-order valence-corrected chi connectivity index (χ4v) is 5.79. The van der Waals surface area contributed by atoms with E-state index in [1.165, 1.54) is 23.5 Å². The predicted molar refractivity (Wildman–Crippen MR) is 134 cm³/mol. The minimum absolute atomic E-state index is 0.142. The molecule has 1 fully saturated rings. The van der Waals surface area contributed by atoms with Crippen LogP contribution in [0.15, 0.2) is 54.7 Å². The maximum absolute atomic E-state index is 13.2. The molecule has 0 unspecified atom stereocenters. The van der Waals surface area contributed by atoms with Crippen molar-refractivity contribution < 1.29 is 22.7 Å². The first-order valence-electron chi connectivity index (χ1n) is 11.9. The van der Waals surface area contributed by atoms with E-state index in [9.17, 15) is 18.0 Å². The Bertz CT molecular complexity index is 1240. The lowest BCUT2D eigenvalue weighted by Crippen LogP contribution is -2.48. The van der Waals surface area contributed by atoms with Crippen molar-refractivity contribution in [2.24, 2.45) is 0 Å². The standard InChI is InChI=1S/C26H27F3N4O2S/c1-30-23(34)22-16-31-24(36-22)32-12-9-25(10-13-32)11-14-33(20-7-2-3-8-21(20)35-25)17-18-5-4-6-19(15-18)26(27,28)29/h2-8,15-16H,9-14,17H2,1H3,(H,30,34). The van der Waals surface area contributed by atoms with Gasteiger partial charge in [0.25, 0.3) is 5.91 Å². The van der Waals surface area contributed by atoms with Gasteiger partial charge in [0.15, 0.2) is 5.13 Å². The number of rotatable bonds is 4. The van der Waals surface area contributed by atoms with Crippen LogP contribution in [-0.4, -0.2) is 43.2 Å². The van der Waals surface area contributed by atoms with Crippen LogP contribution in [0.25, 0.3) is 0 Å². The fourth-order valence-electron chi connectivity index (χ4n) is 4.88. The van der Waals surface area contributed by atoms with E-state index in [0.717, 1.165) is 55.0 Å². The number of fused-ring (bicyclic) bond motifs is 1. The van der Waals surface area contributed by atoms with Gasteiger partial charge in [0.05, 0.1) is 17.4 Å². The summed E-state index contributed by atoms with van der Waals surface area (Å²) in [5.41, 5.74) is 0.506. The van der Waals surface area contributed by atoms with Crippen molar-refractivity contribution in [3.63, 3.8) is 0 Å². The highest BCUT2D eigenvalue weighted by Crippen LogP contribution is 2.42. The van der Waals surface area contributed by atoms with Crippen LogP contribution < -0.4 is 19.9 Å². The Morgan fingerprint density at radius 3 is 2.61 bits per heavy atom. The SMILES string of the molecule is CNC(=O)c1cnc(N2CCC3(CC2)CCN(Cc2cccc(C(F)(F)F)c2)c2ccccc2O3)s1. The summed E-state index contributed by atoms with van der Waals surface area (Å²) in [5.74, 6) is 0.614. The molecule has 3 aromatic rings. The molecule has 0 saturated carbocycles. The number of alkyl halides is 3. The van der Waals surface area contributed by atoms with E-state index >= 15 is 0 Å². The van der Waals surface area contributed by atoms with Crippen LogP contribution in [0.4, 0.5) is 24.0 Å². The Labute approximate surface area is 211 Å². The highest BCUT2D eigenvalue weighted by molar-refractivity contribution is 7.17. The summed E-state index contributed by atoms with van der Waals surface area (Å²) in [6.45, 7) is 2.53. The lowest BCUT2D eigenvalue weighted by atomic mass is 9.88. The number of amides is 1. The molecular formula is C26H27F3N4O2S. The average molecular weight is 517 g/mol. The summed E-state index contributed by atoms with van der Waals surface area (Å²) >= 11 is 1.38. The molecule has 2 aliphatic heterocycles. The lowest BCUT2D eigenvalue weighted by Gasteiger charge is -2.41. The molecule has 1 N–H and O–H groups in total. The van der Waals surface area contributed by atoms with Crippen LogP contribution >= 0.6 is 11.3 Å². The Morgan fingerprint density at radius 2 is 1.86 bits per heavy atom. The maximum Gasteiger partial charge on any atom is 0.416 e. The summed E-state index contributed by atoms with van der Waals surface area (Å²) < 4.78 is 46.4. The predicted octanol–water partition coefficient (Wildman–Crippen LogP) is 5.35. The monoisotopic (exact) mass is 516 g/mol.